The van der Waals surface area contributed by atoms with Crippen molar-refractivity contribution in [2.45, 2.75) is 6.54 Å². The third kappa shape index (κ3) is 2.71. The monoisotopic (exact) mass is 386 g/mol. The average molecular weight is 388 g/mol. The maximum absolute atomic E-state index is 6.05. The zero-order valence-corrected chi connectivity index (χ0v) is 13.9. The minimum absolute atomic E-state index is 0.0844. The van der Waals surface area contributed by atoms with Crippen molar-refractivity contribution in [1.82, 2.24) is 19.5 Å². The zero-order chi connectivity index (χ0) is 15.0. The topological polar surface area (TPSA) is 52.8 Å². The minimum atomic E-state index is 0.0844. The van der Waals surface area contributed by atoms with Gasteiger partial charge in [0.2, 0.25) is 5.28 Å². The summed E-state index contributed by atoms with van der Waals surface area (Å²) >= 11 is 15.3. The Balaban J connectivity index is 2.14. The highest BCUT2D eigenvalue weighted by atomic mass is 79.9. The lowest BCUT2D eigenvalue weighted by Gasteiger charge is -2.10. The van der Waals surface area contributed by atoms with E-state index in [1.54, 1.807) is 7.11 Å². The highest BCUT2D eigenvalue weighted by Crippen LogP contribution is 2.27. The zero-order valence-electron chi connectivity index (χ0n) is 10.8. The normalized spacial score (nSPS) is 11.0. The fourth-order valence-corrected chi connectivity index (χ4v) is 2.95. The first kappa shape index (κ1) is 14.6. The Morgan fingerprint density at radius 2 is 1.95 bits per heavy atom. The van der Waals surface area contributed by atoms with E-state index in [1.807, 2.05) is 28.8 Å². The first-order valence-electron chi connectivity index (χ1n) is 5.97. The minimum Gasteiger partial charge on any atom is -0.496 e. The molecule has 3 rings (SSSR count). The van der Waals surface area contributed by atoms with Crippen molar-refractivity contribution in [1.29, 1.82) is 0 Å². The summed E-state index contributed by atoms with van der Waals surface area (Å²) in [7, 11) is 1.63. The molecule has 0 amide bonds. The van der Waals surface area contributed by atoms with E-state index in [4.69, 9.17) is 27.9 Å². The predicted molar refractivity (Wildman–Crippen MR) is 85.1 cm³/mol. The quantitative estimate of drug-likeness (QED) is 0.388. The number of hydrogen-bond donors (Lipinski definition) is 0. The molecule has 8 heteroatoms. The molecule has 2 aromatic heterocycles. The Kier molecular flexibility index (Phi) is 4.01. The molecule has 0 fully saturated rings. The molecule has 21 heavy (non-hydrogen) atoms. The van der Waals surface area contributed by atoms with Crippen LogP contribution in [0.1, 0.15) is 5.56 Å². The average Bonchev–Trinajstić information content (AvgIpc) is 2.77. The van der Waals surface area contributed by atoms with E-state index in [0.29, 0.717) is 22.4 Å². The fourth-order valence-electron chi connectivity index (χ4n) is 2.06. The van der Waals surface area contributed by atoms with Crippen molar-refractivity contribution < 1.29 is 4.74 Å². The molecule has 0 unspecified atom stereocenters. The molecule has 2 heterocycles. The van der Waals surface area contributed by atoms with E-state index in [1.165, 1.54) is 0 Å². The molecule has 0 aliphatic rings. The first-order chi connectivity index (χ1) is 10.1. The molecule has 0 aliphatic heterocycles. The summed E-state index contributed by atoms with van der Waals surface area (Å²) in [5.41, 5.74) is 2.06. The summed E-state index contributed by atoms with van der Waals surface area (Å²) in [6.07, 6.45) is 0. The summed E-state index contributed by atoms with van der Waals surface area (Å²) in [5.74, 6) is 0.789. The van der Waals surface area contributed by atoms with Gasteiger partial charge >= 0.3 is 0 Å². The van der Waals surface area contributed by atoms with Crippen molar-refractivity contribution in [2.75, 3.05) is 7.11 Å². The predicted octanol–water partition coefficient (Wildman–Crippen LogP) is 3.95. The van der Waals surface area contributed by atoms with Gasteiger partial charge in [0.15, 0.2) is 15.5 Å². The number of para-hydroxylation sites is 1. The SMILES string of the molecule is COc1ccccc1Cn1c(Br)nc2c(Cl)nc(Cl)nc21. The second kappa shape index (κ2) is 5.79. The number of hydrogen-bond acceptors (Lipinski definition) is 4. The Bertz CT molecular complexity index is 821. The van der Waals surface area contributed by atoms with E-state index < -0.39 is 0 Å². The van der Waals surface area contributed by atoms with Crippen LogP contribution in [0, 0.1) is 0 Å². The number of benzene rings is 1. The van der Waals surface area contributed by atoms with Gasteiger partial charge in [0.05, 0.1) is 13.7 Å². The van der Waals surface area contributed by atoms with Gasteiger partial charge < -0.3 is 4.74 Å². The van der Waals surface area contributed by atoms with Crippen molar-refractivity contribution in [2.24, 2.45) is 0 Å². The van der Waals surface area contributed by atoms with Crippen LogP contribution >= 0.6 is 39.1 Å². The van der Waals surface area contributed by atoms with E-state index in [-0.39, 0.29) is 10.4 Å². The smallest absolute Gasteiger partial charge is 0.225 e. The third-order valence-corrected chi connectivity index (χ3v) is 4.04. The van der Waals surface area contributed by atoms with Gasteiger partial charge in [-0.25, -0.2) is 9.97 Å². The van der Waals surface area contributed by atoms with E-state index in [2.05, 4.69) is 30.9 Å². The summed E-state index contributed by atoms with van der Waals surface area (Å²) < 4.78 is 7.81. The van der Waals surface area contributed by atoms with Crippen LogP contribution in [-0.2, 0) is 6.54 Å². The maximum atomic E-state index is 6.05. The van der Waals surface area contributed by atoms with Crippen LogP contribution in [0.3, 0.4) is 0 Å². The molecule has 3 aromatic rings. The molecular formula is C13H9BrCl2N4O. The van der Waals surface area contributed by atoms with E-state index in [0.717, 1.165) is 11.3 Å². The summed E-state index contributed by atoms with van der Waals surface area (Å²) in [5, 5.41) is 0.311. The number of halogens is 3. The summed E-state index contributed by atoms with van der Waals surface area (Å²) in [4.78, 5) is 12.4. The molecule has 108 valence electrons. The van der Waals surface area contributed by atoms with E-state index in [9.17, 15) is 0 Å². The molecule has 0 saturated carbocycles. The van der Waals surface area contributed by atoms with Crippen LogP contribution in [0.15, 0.2) is 29.0 Å². The molecule has 0 spiro atoms. The number of fused-ring (bicyclic) bond motifs is 1. The Morgan fingerprint density at radius 1 is 1.19 bits per heavy atom. The van der Waals surface area contributed by atoms with Gasteiger partial charge in [-0.2, -0.15) is 4.98 Å². The van der Waals surface area contributed by atoms with Gasteiger partial charge in [0, 0.05) is 5.56 Å². The lowest BCUT2D eigenvalue weighted by atomic mass is 10.2. The van der Waals surface area contributed by atoms with Crippen molar-refractivity contribution in [3.8, 4) is 5.75 Å². The van der Waals surface area contributed by atoms with Crippen LogP contribution in [0.25, 0.3) is 11.2 Å². The number of nitrogens with zero attached hydrogens (tertiary/aromatic N) is 4. The van der Waals surface area contributed by atoms with Crippen molar-refractivity contribution in [3.05, 3.63) is 45.0 Å². The van der Waals surface area contributed by atoms with Gasteiger partial charge in [0.1, 0.15) is 11.3 Å². The van der Waals surface area contributed by atoms with Crippen LogP contribution in [0.4, 0.5) is 0 Å². The Labute approximate surface area is 139 Å². The van der Waals surface area contributed by atoms with Gasteiger partial charge in [-0.05, 0) is 33.6 Å². The highest BCUT2D eigenvalue weighted by molar-refractivity contribution is 9.10. The van der Waals surface area contributed by atoms with Crippen LogP contribution < -0.4 is 4.74 Å². The first-order valence-corrected chi connectivity index (χ1v) is 7.51. The maximum Gasteiger partial charge on any atom is 0.225 e. The van der Waals surface area contributed by atoms with Crippen LogP contribution in [0.2, 0.25) is 10.4 Å². The van der Waals surface area contributed by atoms with Crippen molar-refractivity contribution >= 4 is 50.3 Å². The van der Waals surface area contributed by atoms with Gasteiger partial charge in [-0.3, -0.25) is 4.57 Å². The molecule has 0 atom stereocenters. The van der Waals surface area contributed by atoms with Crippen LogP contribution in [-0.4, -0.2) is 26.6 Å². The lowest BCUT2D eigenvalue weighted by Crippen LogP contribution is -2.03. The standard InChI is InChI=1S/C13H9BrCl2N4O/c1-21-8-5-3-2-4-7(8)6-20-11-9(17-12(20)14)10(15)18-13(16)19-11/h2-5H,6H2,1H3. The van der Waals surface area contributed by atoms with Gasteiger partial charge in [-0.15, -0.1) is 0 Å². The van der Waals surface area contributed by atoms with Gasteiger partial charge in [-0.1, -0.05) is 29.8 Å². The second-order valence-corrected chi connectivity index (χ2v) is 5.64. The second-order valence-electron chi connectivity index (χ2n) is 4.23. The van der Waals surface area contributed by atoms with Gasteiger partial charge in [0.25, 0.3) is 0 Å². The van der Waals surface area contributed by atoms with Crippen molar-refractivity contribution in [3.63, 3.8) is 0 Å². The molecule has 0 radical (unpaired) electrons. The lowest BCUT2D eigenvalue weighted by molar-refractivity contribution is 0.408. The number of methoxy groups -OCH3 is 1. The molecule has 0 aliphatic carbocycles. The Hall–Kier alpha value is -1.37. The fraction of sp³-hybridized carbons (Fsp3) is 0.154. The molecular weight excluding hydrogens is 379 g/mol. The molecule has 0 saturated heterocycles. The molecule has 0 N–H and O–H groups in total. The number of aromatic nitrogens is 4. The third-order valence-electron chi connectivity index (χ3n) is 3.00. The molecule has 1 aromatic carbocycles. The molecule has 0 bridgehead atoms. The number of rotatable bonds is 3. The largest absolute Gasteiger partial charge is 0.496 e. The highest BCUT2D eigenvalue weighted by Gasteiger charge is 2.16. The number of ether oxygens (including phenoxy) is 1. The van der Waals surface area contributed by atoms with E-state index >= 15 is 0 Å². The summed E-state index contributed by atoms with van der Waals surface area (Å²) in [6.45, 7) is 0.519. The molecule has 5 nitrogen and oxygen atoms in total. The number of imidazole rings is 1. The van der Waals surface area contributed by atoms with Crippen LogP contribution in [0.5, 0.6) is 5.75 Å². The Morgan fingerprint density at radius 3 is 2.71 bits per heavy atom. The summed E-state index contributed by atoms with van der Waals surface area (Å²) in [6, 6.07) is 7.73.